The number of hydrogen-bond acceptors (Lipinski definition) is 2. The number of fused-ring (bicyclic) bond motifs is 1. The van der Waals surface area contributed by atoms with E-state index in [9.17, 15) is 4.79 Å². The number of carbonyl (C=O) groups excluding carboxylic acids is 1. The number of nitrogens with zero attached hydrogens (tertiary/aromatic N) is 1. The molecule has 0 aromatic rings. The number of amides is 1. The van der Waals surface area contributed by atoms with E-state index in [4.69, 9.17) is 5.73 Å². The van der Waals surface area contributed by atoms with Crippen molar-refractivity contribution in [2.75, 3.05) is 0 Å². The maximum absolute atomic E-state index is 10.9. The Hall–Kier alpha value is -1.38. The highest BCUT2D eigenvalue weighted by atomic mass is 16.1. The fraction of sp³-hybridized carbons (Fsp3) is 0.333. The topological polar surface area (TPSA) is 55.5 Å². The van der Waals surface area contributed by atoms with Crippen molar-refractivity contribution in [2.45, 2.75) is 19.3 Å². The second-order valence-corrected chi connectivity index (χ2v) is 3.04. The highest BCUT2D eigenvalue weighted by molar-refractivity contribution is 6.11. The maximum atomic E-state index is 10.9. The minimum absolute atomic E-state index is 0.0392. The van der Waals surface area contributed by atoms with E-state index in [-0.39, 0.29) is 5.91 Å². The van der Waals surface area contributed by atoms with Crippen LogP contribution in [-0.4, -0.2) is 11.6 Å². The van der Waals surface area contributed by atoms with Crippen molar-refractivity contribution in [3.63, 3.8) is 0 Å². The van der Waals surface area contributed by atoms with Gasteiger partial charge in [-0.15, -0.1) is 0 Å². The van der Waals surface area contributed by atoms with Crippen molar-refractivity contribution in [1.82, 2.24) is 0 Å². The molecule has 0 unspecified atom stereocenters. The van der Waals surface area contributed by atoms with Gasteiger partial charge >= 0.3 is 0 Å². The van der Waals surface area contributed by atoms with Crippen molar-refractivity contribution in [1.29, 1.82) is 0 Å². The van der Waals surface area contributed by atoms with Crippen LogP contribution in [0.2, 0.25) is 0 Å². The van der Waals surface area contributed by atoms with Gasteiger partial charge in [0.2, 0.25) is 5.91 Å². The molecule has 0 fully saturated rings. The lowest BCUT2D eigenvalue weighted by atomic mass is 9.94. The van der Waals surface area contributed by atoms with E-state index in [1.165, 1.54) is 0 Å². The normalized spacial score (nSPS) is 22.3. The van der Waals surface area contributed by atoms with Crippen molar-refractivity contribution in [3.05, 3.63) is 23.4 Å². The van der Waals surface area contributed by atoms with Gasteiger partial charge < -0.3 is 5.73 Å². The van der Waals surface area contributed by atoms with Crippen LogP contribution in [0.25, 0.3) is 0 Å². The summed E-state index contributed by atoms with van der Waals surface area (Å²) in [6.45, 7) is 0. The Labute approximate surface area is 70.7 Å². The molecule has 1 heterocycles. The largest absolute Gasteiger partial charge is 0.402 e. The Morgan fingerprint density at radius 2 is 2.25 bits per heavy atom. The van der Waals surface area contributed by atoms with Crippen LogP contribution in [0.4, 0.5) is 0 Å². The molecule has 1 aliphatic heterocycles. The van der Waals surface area contributed by atoms with E-state index in [0.29, 0.717) is 6.42 Å². The molecule has 62 valence electrons. The third-order valence-electron chi connectivity index (χ3n) is 2.08. The predicted octanol–water partition coefficient (Wildman–Crippen LogP) is 0.921. The van der Waals surface area contributed by atoms with Crippen LogP contribution in [0.15, 0.2) is 28.4 Å². The van der Waals surface area contributed by atoms with Gasteiger partial charge in [-0.1, -0.05) is 6.08 Å². The number of aliphatic imine (C=N–C) groups is 1. The fourth-order valence-electron chi connectivity index (χ4n) is 1.45. The molecule has 0 aromatic heterocycles. The smallest absolute Gasteiger partial charge is 0.249 e. The van der Waals surface area contributed by atoms with Crippen molar-refractivity contribution in [2.24, 2.45) is 10.7 Å². The van der Waals surface area contributed by atoms with Crippen molar-refractivity contribution >= 4 is 11.6 Å². The standard InChI is InChI=1S/C9H10N2O/c10-7-2-3-8-6(5-7)1-4-9(12)11-8/h1,5H,2-4,10H2. The predicted molar refractivity (Wildman–Crippen MR) is 46.6 cm³/mol. The molecule has 0 atom stereocenters. The minimum Gasteiger partial charge on any atom is -0.402 e. The zero-order chi connectivity index (χ0) is 8.55. The van der Waals surface area contributed by atoms with Crippen LogP contribution >= 0.6 is 0 Å². The molecule has 0 radical (unpaired) electrons. The number of allylic oxidation sites excluding steroid dienone is 3. The molecule has 2 aliphatic rings. The number of hydrogen-bond donors (Lipinski definition) is 1. The Kier molecular flexibility index (Phi) is 1.57. The van der Waals surface area contributed by atoms with Gasteiger partial charge in [-0.25, -0.2) is 4.99 Å². The molecule has 0 spiro atoms. The Morgan fingerprint density at radius 3 is 3.08 bits per heavy atom. The molecule has 2 N–H and O–H groups in total. The monoisotopic (exact) mass is 162 g/mol. The van der Waals surface area contributed by atoms with E-state index >= 15 is 0 Å². The van der Waals surface area contributed by atoms with Gasteiger partial charge in [-0.2, -0.15) is 0 Å². The Balaban J connectivity index is 2.37. The van der Waals surface area contributed by atoms with Crippen LogP contribution in [0.5, 0.6) is 0 Å². The maximum Gasteiger partial charge on any atom is 0.249 e. The van der Waals surface area contributed by atoms with Gasteiger partial charge in [0.25, 0.3) is 0 Å². The molecule has 0 aromatic carbocycles. The zero-order valence-corrected chi connectivity index (χ0v) is 6.71. The van der Waals surface area contributed by atoms with Gasteiger partial charge in [0.05, 0.1) is 5.71 Å². The molecule has 0 bridgehead atoms. The first-order valence-corrected chi connectivity index (χ1v) is 4.02. The second-order valence-electron chi connectivity index (χ2n) is 3.04. The molecule has 0 saturated carbocycles. The SMILES string of the molecule is NC1=CC2=CCC(=O)N=C2CC1. The highest BCUT2D eigenvalue weighted by Gasteiger charge is 2.17. The van der Waals surface area contributed by atoms with Crippen LogP contribution in [0.1, 0.15) is 19.3 Å². The highest BCUT2D eigenvalue weighted by Crippen LogP contribution is 2.20. The number of rotatable bonds is 0. The third kappa shape index (κ3) is 1.18. The minimum atomic E-state index is -0.0392. The van der Waals surface area contributed by atoms with Gasteiger partial charge in [-0.05, 0) is 24.5 Å². The zero-order valence-electron chi connectivity index (χ0n) is 6.71. The second kappa shape index (κ2) is 2.59. The summed E-state index contributed by atoms with van der Waals surface area (Å²) < 4.78 is 0. The lowest BCUT2D eigenvalue weighted by Gasteiger charge is -2.16. The molecule has 3 heteroatoms. The molecule has 2 rings (SSSR count). The van der Waals surface area contributed by atoms with Crippen molar-refractivity contribution in [3.8, 4) is 0 Å². The van der Waals surface area contributed by atoms with E-state index in [2.05, 4.69) is 4.99 Å². The Bertz CT molecular complexity index is 323. The molecule has 1 amide bonds. The van der Waals surface area contributed by atoms with Gasteiger partial charge in [0.15, 0.2) is 0 Å². The van der Waals surface area contributed by atoms with Crippen LogP contribution < -0.4 is 5.73 Å². The summed E-state index contributed by atoms with van der Waals surface area (Å²) in [6, 6.07) is 0. The first-order valence-electron chi connectivity index (χ1n) is 4.02. The van der Waals surface area contributed by atoms with Crippen LogP contribution in [0.3, 0.4) is 0 Å². The van der Waals surface area contributed by atoms with E-state index in [1.54, 1.807) is 0 Å². The number of carbonyl (C=O) groups is 1. The first kappa shape index (κ1) is 7.28. The van der Waals surface area contributed by atoms with Gasteiger partial charge in [0.1, 0.15) is 0 Å². The lowest BCUT2D eigenvalue weighted by Crippen LogP contribution is -2.17. The van der Waals surface area contributed by atoms with Crippen LogP contribution in [-0.2, 0) is 4.79 Å². The number of dihydropyridines is 1. The third-order valence-corrected chi connectivity index (χ3v) is 2.08. The first-order chi connectivity index (χ1) is 5.75. The molecule has 12 heavy (non-hydrogen) atoms. The molecule has 1 aliphatic carbocycles. The van der Waals surface area contributed by atoms with Gasteiger partial charge in [0, 0.05) is 12.1 Å². The summed E-state index contributed by atoms with van der Waals surface area (Å²) in [6.07, 6.45) is 5.86. The fourth-order valence-corrected chi connectivity index (χ4v) is 1.45. The van der Waals surface area contributed by atoms with Crippen LogP contribution in [0, 0.1) is 0 Å². The summed E-state index contributed by atoms with van der Waals surface area (Å²) in [4.78, 5) is 14.9. The van der Waals surface area contributed by atoms with E-state index < -0.39 is 0 Å². The summed E-state index contributed by atoms with van der Waals surface area (Å²) in [7, 11) is 0. The van der Waals surface area contributed by atoms with Gasteiger partial charge in [-0.3, -0.25) is 4.79 Å². The average Bonchev–Trinajstić information content (AvgIpc) is 2.05. The number of nitrogens with two attached hydrogens (primary N) is 1. The van der Waals surface area contributed by atoms with E-state index in [1.807, 2.05) is 12.2 Å². The molecule has 0 saturated heterocycles. The average molecular weight is 162 g/mol. The van der Waals surface area contributed by atoms with E-state index in [0.717, 1.165) is 29.8 Å². The lowest BCUT2D eigenvalue weighted by molar-refractivity contribution is -0.117. The summed E-state index contributed by atoms with van der Waals surface area (Å²) in [5, 5.41) is 0. The summed E-state index contributed by atoms with van der Waals surface area (Å²) >= 11 is 0. The van der Waals surface area contributed by atoms with Crippen molar-refractivity contribution < 1.29 is 4.79 Å². The molecule has 3 nitrogen and oxygen atoms in total. The quantitative estimate of drug-likeness (QED) is 0.575. The summed E-state index contributed by atoms with van der Waals surface area (Å²) in [5.41, 5.74) is 8.48. The summed E-state index contributed by atoms with van der Waals surface area (Å²) in [5.74, 6) is -0.0392. The Morgan fingerprint density at radius 1 is 1.42 bits per heavy atom. The molecular formula is C9H10N2O. The molecular weight excluding hydrogens is 152 g/mol.